The van der Waals surface area contributed by atoms with Crippen molar-refractivity contribution < 1.29 is 86.6 Å². The highest BCUT2D eigenvalue weighted by molar-refractivity contribution is 7.80. The molecule has 44 nitrogen and oxygen atoms in total. The summed E-state index contributed by atoms with van der Waals surface area (Å²) < 4.78 is 0. The molecule has 14 atom stereocenters. The van der Waals surface area contributed by atoms with Crippen molar-refractivity contribution in [1.82, 2.24) is 74.4 Å². The van der Waals surface area contributed by atoms with E-state index in [1.807, 2.05) is 13.8 Å². The Labute approximate surface area is 696 Å². The van der Waals surface area contributed by atoms with Crippen molar-refractivity contribution in [2.45, 2.75) is 231 Å². The van der Waals surface area contributed by atoms with Gasteiger partial charge < -0.3 is 131 Å². The number of carbonyl (C=O) groups is 17. The maximum atomic E-state index is 14.3. The number of carboxylic acid groups (broad SMARTS) is 1. The first-order chi connectivity index (χ1) is 55.2. The van der Waals surface area contributed by atoms with Gasteiger partial charge in [0.25, 0.3) is 0 Å². The van der Waals surface area contributed by atoms with Crippen LogP contribution in [0.4, 0.5) is 0 Å². The van der Waals surface area contributed by atoms with Gasteiger partial charge in [-0.05, 0) is 101 Å². The lowest BCUT2D eigenvalue weighted by Crippen LogP contribution is -2.61. The summed E-state index contributed by atoms with van der Waals surface area (Å²) in [6.07, 6.45) is -1.94. The Morgan fingerprint density at radius 3 is 1.07 bits per heavy atom. The molecule has 1 rings (SSSR count). The number of carboxylic acids is 1. The molecule has 0 fully saturated rings. The van der Waals surface area contributed by atoms with E-state index in [4.69, 9.17) is 51.6 Å². The van der Waals surface area contributed by atoms with Gasteiger partial charge in [-0.25, -0.2) is 4.79 Å². The molecule has 0 aliphatic heterocycles. The van der Waals surface area contributed by atoms with Crippen LogP contribution in [0.3, 0.4) is 0 Å². The van der Waals surface area contributed by atoms with Crippen LogP contribution in [0.25, 0.3) is 0 Å². The third-order valence-corrected chi connectivity index (χ3v) is 18.0. The van der Waals surface area contributed by atoms with E-state index in [1.165, 1.54) is 27.7 Å². The zero-order valence-electron chi connectivity index (χ0n) is 68.3. The first-order valence-electron chi connectivity index (χ1n) is 38.4. The summed E-state index contributed by atoms with van der Waals surface area (Å²) in [5.74, 6) is -19.7. The van der Waals surface area contributed by atoms with Gasteiger partial charge >= 0.3 is 5.97 Å². The van der Waals surface area contributed by atoms with Gasteiger partial charge in [0.1, 0.15) is 78.5 Å². The molecule has 0 saturated carbocycles. The molecule has 662 valence electrons. The molecule has 16 amide bonds. The zero-order valence-corrected chi connectivity index (χ0v) is 70.1. The van der Waals surface area contributed by atoms with E-state index in [2.05, 4.69) is 115 Å². The van der Waals surface area contributed by atoms with Crippen LogP contribution in [0, 0.1) is 23.7 Å². The van der Waals surface area contributed by atoms with Crippen molar-refractivity contribution in [1.29, 1.82) is 0 Å². The standard InChI is InChI=1S/C72H124N26O18S2/c1-34(2)25-41(73)58(104)86-38(9)56(102)89-43(20-15-23-83-71(78)79)61(107)92-46(27-36(5)6)64(110)97-51(33-118)68(114)93-45(26-35(3)4)63(109)87-39(10)57(103)91-48(29-52(74)99)67(113)94-47(28-40-17-12-11-13-18-40)65(111)96-50(32-117)59(105)85-31-54(101)88-42(19-14-22-82-70(76)77)60(106)95-49(30-53(75)100)66(112)90-44(21-16-24-84-72(80)81)62(108)98-55(37(7)8)69(115)116/h11-13,17-18,34-39,41-51,55,117-118H,14-16,19-33,73H2,1-10H3,(H2,74,99)(H2,75,100)(H,85,105)(H,86,104)(H,87,109)(H,88,101)(H,89,102)(H,90,112)(H,91,103)(H,92,107)(H,93,114)(H,94,113)(H,95,106)(H,96,111)(H,97,110)(H,98,108)(H,115,116)(H4,76,77,82)(H4,78,79,83)(H4,80,81,84)/t38-,39-,41-,42-,43-,44-,45-,46-,47-,48-,49-,50-,51-,55-/m0/s1. The Balaban J connectivity index is 3.48. The van der Waals surface area contributed by atoms with Crippen LogP contribution in [-0.4, -0.2) is 246 Å². The normalized spacial score (nSPS) is 14.6. The quantitative estimate of drug-likeness (QED) is 0.0125. The van der Waals surface area contributed by atoms with Crippen molar-refractivity contribution in [3.63, 3.8) is 0 Å². The highest BCUT2D eigenvalue weighted by Crippen LogP contribution is 2.14. The van der Waals surface area contributed by atoms with E-state index in [9.17, 15) is 86.6 Å². The molecule has 0 aromatic heterocycles. The average Bonchev–Trinajstić information content (AvgIpc) is 0.855. The van der Waals surface area contributed by atoms with Gasteiger partial charge in [0.15, 0.2) is 17.9 Å². The molecule has 0 saturated heterocycles. The third-order valence-electron chi connectivity index (χ3n) is 17.3. The van der Waals surface area contributed by atoms with E-state index in [-0.39, 0.29) is 119 Å². The summed E-state index contributed by atoms with van der Waals surface area (Å²) in [6, 6.07) is -12.3. The van der Waals surface area contributed by atoms with Gasteiger partial charge in [0.05, 0.1) is 25.4 Å². The second-order valence-electron chi connectivity index (χ2n) is 29.7. The summed E-state index contributed by atoms with van der Waals surface area (Å²) in [4.78, 5) is 243. The number of primary amides is 2. The van der Waals surface area contributed by atoms with Crippen LogP contribution in [0.5, 0.6) is 0 Å². The number of aliphatic imine (C=N–C) groups is 3. The van der Waals surface area contributed by atoms with Crippen LogP contribution < -0.4 is 126 Å². The molecule has 118 heavy (non-hydrogen) atoms. The smallest absolute Gasteiger partial charge is 0.326 e. The highest BCUT2D eigenvalue weighted by atomic mass is 32.1. The maximum Gasteiger partial charge on any atom is 0.326 e. The monoisotopic (exact) mass is 1700 g/mol. The summed E-state index contributed by atoms with van der Waals surface area (Å²) in [7, 11) is 0. The molecule has 0 aliphatic rings. The molecule has 1 aromatic rings. The number of nitrogens with zero attached hydrogens (tertiary/aromatic N) is 3. The van der Waals surface area contributed by atoms with Crippen LogP contribution in [-0.2, 0) is 87.9 Å². The summed E-state index contributed by atoms with van der Waals surface area (Å²) >= 11 is 8.54. The fraction of sp³-hybridized carbons (Fsp3) is 0.639. The largest absolute Gasteiger partial charge is 0.480 e. The minimum Gasteiger partial charge on any atom is -0.480 e. The van der Waals surface area contributed by atoms with Crippen molar-refractivity contribution in [3.8, 4) is 0 Å². The van der Waals surface area contributed by atoms with Gasteiger partial charge in [-0.1, -0.05) is 85.7 Å². The van der Waals surface area contributed by atoms with Crippen molar-refractivity contribution >= 4 is 144 Å². The van der Waals surface area contributed by atoms with E-state index < -0.39 is 216 Å². The number of aliphatic carboxylic acids is 1. The summed E-state index contributed by atoms with van der Waals surface area (Å²) in [5, 5.41) is 44.3. The van der Waals surface area contributed by atoms with E-state index >= 15 is 0 Å². The minimum absolute atomic E-state index is 0.00105. The van der Waals surface area contributed by atoms with Gasteiger partial charge in [-0.15, -0.1) is 0 Å². The lowest BCUT2D eigenvalue weighted by atomic mass is 10.0. The fourth-order valence-corrected chi connectivity index (χ4v) is 11.7. The number of benzene rings is 1. The molecule has 0 spiro atoms. The number of rotatable bonds is 56. The Morgan fingerprint density at radius 1 is 0.364 bits per heavy atom. The predicted molar refractivity (Wildman–Crippen MR) is 443 cm³/mol. The molecule has 0 heterocycles. The predicted octanol–water partition coefficient (Wildman–Crippen LogP) is -8.34. The number of nitrogens with one attached hydrogen (secondary N) is 14. The summed E-state index contributed by atoms with van der Waals surface area (Å²) in [6.45, 7) is 15.4. The Morgan fingerprint density at radius 2 is 0.678 bits per heavy atom. The Bertz CT molecular complexity index is 3660. The molecule has 0 bridgehead atoms. The molecular weight excluding hydrogens is 1580 g/mol. The van der Waals surface area contributed by atoms with Crippen molar-refractivity contribution in [2.75, 3.05) is 37.7 Å². The number of hydrogen-bond donors (Lipinski definition) is 26. The molecule has 1 aromatic carbocycles. The van der Waals surface area contributed by atoms with Crippen LogP contribution in [0.1, 0.15) is 145 Å². The molecule has 0 aliphatic carbocycles. The topological polar surface area (TPSA) is 750 Å². The number of nitrogens with two attached hydrogens (primary N) is 9. The Hall–Kier alpha value is -11.3. The van der Waals surface area contributed by atoms with Gasteiger partial charge in [0, 0.05) is 37.6 Å². The van der Waals surface area contributed by atoms with Crippen LogP contribution in [0.15, 0.2) is 45.3 Å². The molecule has 33 N–H and O–H groups in total. The number of hydrogen-bond acceptors (Lipinski definition) is 23. The van der Waals surface area contributed by atoms with Gasteiger partial charge in [-0.2, -0.15) is 25.3 Å². The first-order valence-corrected chi connectivity index (χ1v) is 39.6. The van der Waals surface area contributed by atoms with Crippen LogP contribution >= 0.6 is 25.3 Å². The van der Waals surface area contributed by atoms with Crippen LogP contribution in [0.2, 0.25) is 0 Å². The summed E-state index contributed by atoms with van der Waals surface area (Å²) in [5.41, 5.74) is 50.3. The first kappa shape index (κ1) is 105. The lowest BCUT2D eigenvalue weighted by molar-refractivity contribution is -0.143. The second-order valence-corrected chi connectivity index (χ2v) is 30.4. The molecular formula is C72H124N26O18S2. The molecule has 46 heteroatoms. The Kier molecular flexibility index (Phi) is 48.4. The van der Waals surface area contributed by atoms with Gasteiger partial charge in [0.2, 0.25) is 94.5 Å². The fourth-order valence-electron chi connectivity index (χ4n) is 11.2. The number of thiol groups is 2. The van der Waals surface area contributed by atoms with Crippen molar-refractivity contribution in [2.24, 2.45) is 90.3 Å². The minimum atomic E-state index is -1.84. The number of carbonyl (C=O) groups excluding carboxylic acids is 16. The number of amides is 16. The van der Waals surface area contributed by atoms with E-state index in [1.54, 1.807) is 58.0 Å². The SMILES string of the molecule is CC(C)C[C@H](NC(=O)[C@H](CS)NC(=O)[C@H](CC(C)C)NC(=O)[C@H](CCCN=C(N)N)NC(=O)[C@H](C)NC(=O)[C@@H](N)CC(C)C)C(=O)N[C@@H](C)C(=O)N[C@@H](CC(N)=O)C(=O)N[C@@H](Cc1ccccc1)C(=O)N[C@@H](CS)C(=O)NCC(=O)N[C@@H](CCCN=C(N)N)C(=O)N[C@@H](CC(N)=O)C(=O)N[C@@H](CCCN=C(N)N)C(=O)N[C@H](C(=O)O)C(C)C. The lowest BCUT2D eigenvalue weighted by Gasteiger charge is -2.28. The molecule has 0 radical (unpaired) electrons. The third kappa shape index (κ3) is 42.5. The van der Waals surface area contributed by atoms with Gasteiger partial charge in [-0.3, -0.25) is 91.7 Å². The molecule has 0 unspecified atom stereocenters. The second kappa shape index (κ2) is 54.6. The van der Waals surface area contributed by atoms with E-state index in [0.717, 1.165) is 0 Å². The van der Waals surface area contributed by atoms with Crippen molar-refractivity contribution in [3.05, 3.63) is 35.9 Å². The highest BCUT2D eigenvalue weighted by Gasteiger charge is 2.38. The zero-order chi connectivity index (χ0) is 89.8. The van der Waals surface area contributed by atoms with E-state index in [0.29, 0.717) is 12.0 Å². The average molecular weight is 1710 g/mol. The number of guanidine groups is 3. The maximum absolute atomic E-state index is 14.3.